The van der Waals surface area contributed by atoms with Crippen LogP contribution in [0.25, 0.3) is 23.3 Å². The first-order chi connectivity index (χ1) is 12.8. The van der Waals surface area contributed by atoms with Gasteiger partial charge in [0, 0.05) is 13.1 Å². The van der Waals surface area contributed by atoms with Gasteiger partial charge in [0.2, 0.25) is 0 Å². The number of fused-ring (bicyclic) bond motifs is 2. The average Bonchev–Trinajstić information content (AvgIpc) is 3.44. The smallest absolute Gasteiger partial charge is 0.00772 e. The van der Waals surface area contributed by atoms with E-state index in [0.717, 1.165) is 23.0 Å². The second kappa shape index (κ2) is 9.35. The Morgan fingerprint density at radius 2 is 1.46 bits per heavy atom. The van der Waals surface area contributed by atoms with Crippen molar-refractivity contribution < 1.29 is 0 Å². The van der Waals surface area contributed by atoms with E-state index in [1.165, 1.54) is 43.5 Å². The van der Waals surface area contributed by atoms with Gasteiger partial charge < -0.3 is 5.32 Å². The zero-order valence-corrected chi connectivity index (χ0v) is 15.5. The van der Waals surface area contributed by atoms with Gasteiger partial charge in [-0.2, -0.15) is 0 Å². The second-order valence-corrected chi connectivity index (χ2v) is 7.05. The van der Waals surface area contributed by atoms with Crippen molar-refractivity contribution in [1.29, 1.82) is 0 Å². The first-order valence-corrected chi connectivity index (χ1v) is 9.64. The fraction of sp³-hybridized carbons (Fsp3) is 0.280. The molecular weight excluding hydrogens is 314 g/mol. The summed E-state index contributed by atoms with van der Waals surface area (Å²) in [7, 11) is 0. The fourth-order valence-corrected chi connectivity index (χ4v) is 3.57. The monoisotopic (exact) mass is 343 g/mol. The van der Waals surface area contributed by atoms with Crippen LogP contribution in [0.4, 0.5) is 0 Å². The van der Waals surface area contributed by atoms with E-state index in [1.54, 1.807) is 0 Å². The molecule has 2 unspecified atom stereocenters. The summed E-state index contributed by atoms with van der Waals surface area (Å²) in [5, 5.41) is 3.00. The van der Waals surface area contributed by atoms with E-state index in [0.29, 0.717) is 0 Å². The van der Waals surface area contributed by atoms with Crippen molar-refractivity contribution in [3.63, 3.8) is 0 Å². The Labute approximate surface area is 158 Å². The van der Waals surface area contributed by atoms with E-state index in [-0.39, 0.29) is 0 Å². The van der Waals surface area contributed by atoms with Gasteiger partial charge in [-0.05, 0) is 53.4 Å². The van der Waals surface area contributed by atoms with Gasteiger partial charge in [0.25, 0.3) is 0 Å². The Kier molecular flexibility index (Phi) is 6.62. The fourth-order valence-electron chi connectivity index (χ4n) is 3.57. The molecule has 5 rings (SSSR count). The van der Waals surface area contributed by atoms with Crippen LogP contribution >= 0.6 is 0 Å². The van der Waals surface area contributed by atoms with E-state index < -0.39 is 0 Å². The molecule has 2 bridgehead atoms. The van der Waals surface area contributed by atoms with Crippen LogP contribution in [-0.2, 0) is 0 Å². The van der Waals surface area contributed by atoms with Gasteiger partial charge in [0.1, 0.15) is 0 Å². The molecule has 134 valence electrons. The summed E-state index contributed by atoms with van der Waals surface area (Å²) >= 11 is 0. The van der Waals surface area contributed by atoms with E-state index >= 15 is 0 Å². The molecule has 0 aromatic heterocycles. The lowest BCUT2D eigenvalue weighted by atomic mass is 9.95. The van der Waals surface area contributed by atoms with Gasteiger partial charge in [0.05, 0.1) is 0 Å². The molecule has 0 spiro atoms. The van der Waals surface area contributed by atoms with Crippen LogP contribution in [0.5, 0.6) is 0 Å². The predicted octanol–water partition coefficient (Wildman–Crippen LogP) is 6.20. The second-order valence-electron chi connectivity index (χ2n) is 7.05. The molecule has 0 amide bonds. The minimum absolute atomic E-state index is 0.991. The van der Waals surface area contributed by atoms with Crippen molar-refractivity contribution in [2.24, 2.45) is 11.8 Å². The summed E-state index contributed by atoms with van der Waals surface area (Å²) in [6.45, 7) is 10.2. The molecule has 0 radical (unpaired) electrons. The molecule has 1 aliphatic heterocycles. The van der Waals surface area contributed by atoms with Crippen LogP contribution < -0.4 is 5.32 Å². The van der Waals surface area contributed by atoms with Gasteiger partial charge in [-0.3, -0.25) is 0 Å². The molecule has 1 N–H and O–H groups in total. The maximum Gasteiger partial charge on any atom is 0.00772 e. The largest absolute Gasteiger partial charge is 0.314 e. The zero-order valence-electron chi connectivity index (χ0n) is 15.5. The SMILES string of the molecule is C1=CC2CCC1C2.C1CN1.C=Cc1cccc(-c2ccccc2)c1C=C. The number of rotatable bonds is 3. The Bertz CT molecular complexity index is 740. The van der Waals surface area contributed by atoms with E-state index in [2.05, 4.69) is 54.9 Å². The van der Waals surface area contributed by atoms with Crippen molar-refractivity contribution in [2.45, 2.75) is 19.3 Å². The Balaban J connectivity index is 0.000000158. The quantitative estimate of drug-likeness (QED) is 0.520. The molecule has 2 aromatic rings. The summed E-state index contributed by atoms with van der Waals surface area (Å²) in [6, 6.07) is 16.5. The number of hydrogen-bond acceptors (Lipinski definition) is 1. The molecule has 2 aliphatic carbocycles. The molecule has 1 heteroatoms. The summed E-state index contributed by atoms with van der Waals surface area (Å²) in [5.41, 5.74) is 4.68. The summed E-state index contributed by atoms with van der Waals surface area (Å²) in [4.78, 5) is 0. The highest BCUT2D eigenvalue weighted by atomic mass is 15.0. The third-order valence-corrected chi connectivity index (χ3v) is 5.07. The number of allylic oxidation sites excluding steroid dienone is 2. The highest BCUT2D eigenvalue weighted by molar-refractivity contribution is 5.80. The lowest BCUT2D eigenvalue weighted by Gasteiger charge is -2.09. The molecule has 3 aliphatic rings. The van der Waals surface area contributed by atoms with Crippen LogP contribution in [0, 0.1) is 11.8 Å². The van der Waals surface area contributed by atoms with E-state index in [1.807, 2.05) is 36.4 Å². The highest BCUT2D eigenvalue weighted by Crippen LogP contribution is 2.38. The lowest BCUT2D eigenvalue weighted by molar-refractivity contribution is 0.691. The standard InChI is InChI=1S/C16H14.C7H10.C2H5N/c1-3-13-11-8-12-16(15(13)4-2)14-9-6-5-7-10-14;1-2-7-4-3-6(1)5-7;1-2-3-1/h3-12H,1-2H2;1-2,6-7H,3-5H2;3H,1-2H2. The van der Waals surface area contributed by atoms with E-state index in [4.69, 9.17) is 0 Å². The molecule has 2 fully saturated rings. The average molecular weight is 344 g/mol. The maximum atomic E-state index is 3.88. The molecule has 1 saturated heterocycles. The van der Waals surface area contributed by atoms with Crippen molar-refractivity contribution >= 4 is 12.2 Å². The van der Waals surface area contributed by atoms with Crippen LogP contribution in [-0.4, -0.2) is 13.1 Å². The first-order valence-electron chi connectivity index (χ1n) is 9.64. The predicted molar refractivity (Wildman–Crippen MR) is 115 cm³/mol. The third-order valence-electron chi connectivity index (χ3n) is 5.07. The van der Waals surface area contributed by atoms with Gasteiger partial charge in [0.15, 0.2) is 0 Å². The minimum Gasteiger partial charge on any atom is -0.314 e. The Morgan fingerprint density at radius 1 is 0.808 bits per heavy atom. The Morgan fingerprint density at radius 3 is 1.88 bits per heavy atom. The Hall–Kier alpha value is -2.38. The molecule has 2 atom stereocenters. The van der Waals surface area contributed by atoms with Crippen LogP contribution in [0.1, 0.15) is 30.4 Å². The molecule has 1 heterocycles. The van der Waals surface area contributed by atoms with Gasteiger partial charge in [-0.1, -0.05) is 86.0 Å². The minimum atomic E-state index is 0.991. The van der Waals surface area contributed by atoms with Crippen LogP contribution in [0.3, 0.4) is 0 Å². The van der Waals surface area contributed by atoms with Crippen LogP contribution in [0.15, 0.2) is 73.8 Å². The molecule has 2 aromatic carbocycles. The molecule has 1 saturated carbocycles. The lowest BCUT2D eigenvalue weighted by Crippen LogP contribution is -1.86. The normalized spacial score (nSPS) is 21.1. The first kappa shape index (κ1) is 18.4. The molecule has 1 nitrogen and oxygen atoms in total. The number of nitrogens with one attached hydrogen (secondary N) is 1. The number of benzene rings is 2. The van der Waals surface area contributed by atoms with Crippen molar-refractivity contribution in [1.82, 2.24) is 5.32 Å². The summed E-state index contributed by atoms with van der Waals surface area (Å²) in [5.74, 6) is 1.98. The maximum absolute atomic E-state index is 3.88. The van der Waals surface area contributed by atoms with Gasteiger partial charge >= 0.3 is 0 Å². The van der Waals surface area contributed by atoms with Crippen molar-refractivity contribution in [3.05, 3.63) is 85.0 Å². The zero-order chi connectivity index (χ0) is 18.2. The van der Waals surface area contributed by atoms with Crippen molar-refractivity contribution in [2.75, 3.05) is 13.1 Å². The third kappa shape index (κ3) is 5.06. The molecule has 26 heavy (non-hydrogen) atoms. The summed E-state index contributed by atoms with van der Waals surface area (Å²) in [6.07, 6.45) is 12.9. The summed E-state index contributed by atoms with van der Waals surface area (Å²) < 4.78 is 0. The van der Waals surface area contributed by atoms with Crippen molar-refractivity contribution in [3.8, 4) is 11.1 Å². The van der Waals surface area contributed by atoms with Gasteiger partial charge in [-0.25, -0.2) is 0 Å². The number of hydrogen-bond donors (Lipinski definition) is 1. The highest BCUT2D eigenvalue weighted by Gasteiger charge is 2.25. The topological polar surface area (TPSA) is 21.9 Å². The molecular formula is C25H29N. The van der Waals surface area contributed by atoms with E-state index in [9.17, 15) is 0 Å². The van der Waals surface area contributed by atoms with Crippen LogP contribution in [0.2, 0.25) is 0 Å². The van der Waals surface area contributed by atoms with Gasteiger partial charge in [-0.15, -0.1) is 0 Å².